The average molecular weight is 953 g/mol. The third kappa shape index (κ3) is 10.9. The van der Waals surface area contributed by atoms with Crippen molar-refractivity contribution in [3.05, 3.63) is 179 Å². The predicted octanol–water partition coefficient (Wildman–Crippen LogP) is 13.3. The van der Waals surface area contributed by atoms with Crippen molar-refractivity contribution in [2.24, 2.45) is 5.92 Å². The summed E-state index contributed by atoms with van der Waals surface area (Å²) in [5.74, 6) is 1.76. The van der Waals surface area contributed by atoms with Crippen molar-refractivity contribution in [2.75, 3.05) is 0 Å². The Kier molecular flexibility index (Phi) is 15.1. The molecule has 10 nitrogen and oxygen atoms in total. The topological polar surface area (TPSA) is 112 Å². The summed E-state index contributed by atoms with van der Waals surface area (Å²) in [4.78, 5) is 0.240. The Bertz CT molecular complexity index is 2700. The first-order valence-corrected chi connectivity index (χ1v) is 26.9. The van der Waals surface area contributed by atoms with Crippen LogP contribution in [0.4, 0.5) is 0 Å². The lowest BCUT2D eigenvalue weighted by molar-refractivity contribution is 0.135. The van der Waals surface area contributed by atoms with Crippen molar-refractivity contribution in [1.82, 2.24) is 8.15 Å². The van der Waals surface area contributed by atoms with Crippen LogP contribution in [0, 0.1) is 47.5 Å². The molecule has 0 radical (unpaired) electrons. The normalized spacial score (nSPS) is 15.9. The Morgan fingerprint density at radius 1 is 0.446 bits per heavy atom. The summed E-state index contributed by atoms with van der Waals surface area (Å²) in [7, 11) is -13.3. The van der Waals surface area contributed by atoms with Gasteiger partial charge in [-0.2, -0.15) is 0 Å². The van der Waals surface area contributed by atoms with Gasteiger partial charge in [-0.25, -0.2) is 16.8 Å². The number of hydrogen-bond acceptors (Lipinski definition) is 8. The van der Waals surface area contributed by atoms with E-state index in [-0.39, 0.29) is 15.7 Å². The van der Waals surface area contributed by atoms with Crippen LogP contribution >= 0.6 is 17.1 Å². The standard InChI is InChI=1S/C51H58N2O8P2S2/c1-37-25-33-45(34-26-37)64(54,55)52(62(58-47-21-13-9-17-39(47)3)59-48-22-14-10-18-40(48)4)44-31-29-43(30-32-44)51(7,8)53(65(56,57)46-35-27-38(2)28-36-46)63(60-49-23-15-11-19-41(49)5)61-50-24-16-12-20-42(50)6/h9-28,33-36,43-44H,29-32H2,1-8H3. The van der Waals surface area contributed by atoms with Gasteiger partial charge in [0.15, 0.2) is 0 Å². The number of para-hydroxylation sites is 4. The van der Waals surface area contributed by atoms with Crippen LogP contribution in [0.3, 0.4) is 0 Å². The molecule has 0 saturated heterocycles. The van der Waals surface area contributed by atoms with E-state index in [1.165, 1.54) is 8.15 Å². The van der Waals surface area contributed by atoms with Gasteiger partial charge in [0.25, 0.3) is 20.0 Å². The van der Waals surface area contributed by atoms with Crippen LogP contribution in [-0.4, -0.2) is 36.6 Å². The fourth-order valence-electron chi connectivity index (χ4n) is 7.98. The zero-order chi connectivity index (χ0) is 46.5. The van der Waals surface area contributed by atoms with E-state index >= 15 is 16.8 Å². The maximum absolute atomic E-state index is 15.4. The molecule has 0 aliphatic heterocycles. The largest absolute Gasteiger partial charge is 0.426 e. The second kappa shape index (κ2) is 20.4. The molecule has 1 aliphatic carbocycles. The van der Waals surface area contributed by atoms with E-state index in [0.717, 1.165) is 33.4 Å². The van der Waals surface area contributed by atoms with Gasteiger partial charge in [0.1, 0.15) is 23.0 Å². The fourth-order valence-corrected chi connectivity index (χ4v) is 16.1. The zero-order valence-electron chi connectivity index (χ0n) is 38.2. The molecule has 0 heterocycles. The molecular weight excluding hydrogens is 895 g/mol. The maximum Gasteiger partial charge on any atom is 0.400 e. The van der Waals surface area contributed by atoms with Gasteiger partial charge < -0.3 is 18.1 Å². The number of hydrogen-bond donors (Lipinski definition) is 0. The van der Waals surface area contributed by atoms with Gasteiger partial charge in [-0.1, -0.05) is 112 Å². The maximum atomic E-state index is 15.4. The van der Waals surface area contributed by atoms with Crippen LogP contribution in [0.2, 0.25) is 0 Å². The Balaban J connectivity index is 1.30. The Morgan fingerprint density at radius 3 is 1.12 bits per heavy atom. The molecule has 342 valence electrons. The first-order valence-electron chi connectivity index (χ1n) is 21.7. The number of aryl methyl sites for hydroxylation is 6. The predicted molar refractivity (Wildman–Crippen MR) is 261 cm³/mol. The van der Waals surface area contributed by atoms with E-state index in [1.54, 1.807) is 48.5 Å². The second-order valence-corrected chi connectivity index (χ2v) is 23.9. The molecule has 0 aromatic heterocycles. The van der Waals surface area contributed by atoms with Gasteiger partial charge in [0.2, 0.25) is 0 Å². The molecule has 7 rings (SSSR count). The van der Waals surface area contributed by atoms with Crippen molar-refractivity contribution in [3.8, 4) is 23.0 Å². The Morgan fingerprint density at radius 2 is 0.769 bits per heavy atom. The van der Waals surface area contributed by atoms with Gasteiger partial charge in [-0.05, 0) is 158 Å². The van der Waals surface area contributed by atoms with Crippen LogP contribution in [0.1, 0.15) is 72.9 Å². The van der Waals surface area contributed by atoms with E-state index in [0.29, 0.717) is 48.7 Å². The highest BCUT2D eigenvalue weighted by Crippen LogP contribution is 2.57. The molecule has 65 heavy (non-hydrogen) atoms. The molecule has 1 saturated carbocycles. The molecule has 0 unspecified atom stereocenters. The third-order valence-corrected chi connectivity index (χ3v) is 20.4. The zero-order valence-corrected chi connectivity index (χ0v) is 41.6. The number of nitrogens with zero attached hydrogens (tertiary/aromatic N) is 2. The van der Waals surface area contributed by atoms with Gasteiger partial charge in [-0.15, -0.1) is 4.08 Å². The summed E-state index contributed by atoms with van der Waals surface area (Å²) in [5, 5.41) is 0. The highest BCUT2D eigenvalue weighted by molar-refractivity contribution is 7.94. The summed E-state index contributed by atoms with van der Waals surface area (Å²) >= 11 is 0. The highest BCUT2D eigenvalue weighted by atomic mass is 32.2. The molecule has 1 fully saturated rings. The molecule has 0 spiro atoms. The summed E-state index contributed by atoms with van der Waals surface area (Å²) in [6, 6.07) is 43.1. The van der Waals surface area contributed by atoms with Crippen LogP contribution in [0.25, 0.3) is 0 Å². The molecule has 6 aromatic rings. The first-order chi connectivity index (χ1) is 31.0. The Labute approximate surface area is 388 Å². The monoisotopic (exact) mass is 952 g/mol. The molecule has 0 N–H and O–H groups in total. The summed E-state index contributed by atoms with van der Waals surface area (Å²) < 4.78 is 91.0. The molecule has 14 heteroatoms. The van der Waals surface area contributed by atoms with Crippen molar-refractivity contribution in [3.63, 3.8) is 0 Å². The van der Waals surface area contributed by atoms with Crippen LogP contribution < -0.4 is 18.1 Å². The van der Waals surface area contributed by atoms with Crippen LogP contribution in [0.15, 0.2) is 155 Å². The molecule has 1 aliphatic rings. The van der Waals surface area contributed by atoms with Crippen molar-refractivity contribution >= 4 is 37.1 Å². The van der Waals surface area contributed by atoms with E-state index < -0.39 is 48.7 Å². The van der Waals surface area contributed by atoms with E-state index in [9.17, 15) is 0 Å². The van der Waals surface area contributed by atoms with Gasteiger partial charge >= 0.3 is 17.1 Å². The molecule has 6 aromatic carbocycles. The molecular formula is C51H58N2O8P2S2. The quantitative estimate of drug-likeness (QED) is 0.0831. The average Bonchev–Trinajstić information content (AvgIpc) is 3.27. The molecule has 0 bridgehead atoms. The van der Waals surface area contributed by atoms with Crippen molar-refractivity contribution < 1.29 is 34.9 Å². The van der Waals surface area contributed by atoms with Gasteiger partial charge in [0, 0.05) is 11.6 Å². The van der Waals surface area contributed by atoms with Crippen molar-refractivity contribution in [1.29, 1.82) is 0 Å². The van der Waals surface area contributed by atoms with Crippen LogP contribution in [-0.2, 0) is 20.0 Å². The van der Waals surface area contributed by atoms with Crippen LogP contribution in [0.5, 0.6) is 23.0 Å². The lowest BCUT2D eigenvalue weighted by atomic mass is 9.76. The summed E-state index contributed by atoms with van der Waals surface area (Å²) in [6.07, 6.45) is 1.71. The third-order valence-electron chi connectivity index (χ3n) is 12.0. The second-order valence-electron chi connectivity index (χ2n) is 17.2. The van der Waals surface area contributed by atoms with Gasteiger partial charge in [0.05, 0.1) is 9.79 Å². The SMILES string of the molecule is Cc1ccc(S(=O)(=O)N(C2CCC(C(C)(C)N(P(Oc3ccccc3C)Oc3ccccc3C)S(=O)(=O)c3ccc(C)cc3)CC2)P(Oc2ccccc2C)Oc2ccccc2C)cc1. The molecule has 0 amide bonds. The number of sulfonamides is 2. The minimum absolute atomic E-state index is 0.113. The number of rotatable bonds is 17. The van der Waals surface area contributed by atoms with E-state index in [4.69, 9.17) is 18.1 Å². The summed E-state index contributed by atoms with van der Waals surface area (Å²) in [5.41, 5.74) is 4.05. The minimum atomic E-state index is -4.30. The van der Waals surface area contributed by atoms with E-state index in [2.05, 4.69) is 0 Å². The number of benzene rings is 6. The lowest BCUT2D eigenvalue weighted by Crippen LogP contribution is -2.52. The summed E-state index contributed by atoms with van der Waals surface area (Å²) in [6.45, 7) is 15.4. The highest BCUT2D eigenvalue weighted by Gasteiger charge is 2.53. The fraction of sp³-hybridized carbons (Fsp3) is 0.294. The lowest BCUT2D eigenvalue weighted by Gasteiger charge is -2.47. The Hall–Kier alpha value is -4.80. The van der Waals surface area contributed by atoms with E-state index in [1.807, 2.05) is 152 Å². The smallest absolute Gasteiger partial charge is 0.400 e. The van der Waals surface area contributed by atoms with Crippen molar-refractivity contribution in [2.45, 2.75) is 102 Å². The minimum Gasteiger partial charge on any atom is -0.426 e. The first kappa shape index (κ1) is 48.1. The molecule has 0 atom stereocenters. The van der Waals surface area contributed by atoms with Gasteiger partial charge in [-0.3, -0.25) is 0 Å².